The van der Waals surface area contributed by atoms with E-state index < -0.39 is 11.6 Å². The molecule has 3 N–H and O–H groups in total. The van der Waals surface area contributed by atoms with Crippen LogP contribution in [0.25, 0.3) is 5.69 Å². The van der Waals surface area contributed by atoms with Gasteiger partial charge in [0.1, 0.15) is 0 Å². The second-order valence-electron chi connectivity index (χ2n) is 6.54. The zero-order valence-electron chi connectivity index (χ0n) is 12.3. The van der Waals surface area contributed by atoms with E-state index in [1.54, 1.807) is 12.5 Å². The van der Waals surface area contributed by atoms with Gasteiger partial charge in [0.2, 0.25) is 0 Å². The van der Waals surface area contributed by atoms with Crippen LogP contribution in [-0.4, -0.2) is 32.7 Å². The van der Waals surface area contributed by atoms with E-state index in [2.05, 4.69) is 10.3 Å². The van der Waals surface area contributed by atoms with Gasteiger partial charge in [-0.3, -0.25) is 4.79 Å². The highest BCUT2D eigenvalue weighted by molar-refractivity contribution is 5.96. The molecule has 1 aromatic carbocycles. The zero-order valence-corrected chi connectivity index (χ0v) is 12.3. The third-order valence-electron chi connectivity index (χ3n) is 4.51. The fourth-order valence-electron chi connectivity index (χ4n) is 3.66. The van der Waals surface area contributed by atoms with E-state index >= 15 is 0 Å². The van der Waals surface area contributed by atoms with Crippen LogP contribution >= 0.6 is 0 Å². The third kappa shape index (κ3) is 2.03. The highest BCUT2D eigenvalue weighted by Crippen LogP contribution is 2.53. The molecular formula is C16H18N4O2. The van der Waals surface area contributed by atoms with E-state index in [9.17, 15) is 4.79 Å². The number of aromatic nitrogens is 2. The number of benzene rings is 1. The van der Waals surface area contributed by atoms with Gasteiger partial charge < -0.3 is 20.4 Å². The summed E-state index contributed by atoms with van der Waals surface area (Å²) >= 11 is 0. The van der Waals surface area contributed by atoms with Crippen molar-refractivity contribution < 1.29 is 9.53 Å². The number of carbonyl (C=O) groups excluding carboxylic acids is 1. The minimum absolute atomic E-state index is 0.167. The van der Waals surface area contributed by atoms with E-state index in [0.29, 0.717) is 0 Å². The van der Waals surface area contributed by atoms with E-state index in [4.69, 9.17) is 10.5 Å². The first-order valence-corrected chi connectivity index (χ1v) is 7.34. The molecular weight excluding hydrogens is 280 g/mol. The van der Waals surface area contributed by atoms with Gasteiger partial charge in [-0.15, -0.1) is 0 Å². The molecule has 22 heavy (non-hydrogen) atoms. The maximum Gasteiger partial charge on any atom is 0.255 e. The number of amides is 1. The first-order chi connectivity index (χ1) is 10.5. The van der Waals surface area contributed by atoms with Crippen LogP contribution in [0.1, 0.15) is 19.8 Å². The molecule has 114 valence electrons. The lowest BCUT2D eigenvalue weighted by molar-refractivity contribution is -0.127. The minimum Gasteiger partial charge on any atom is -0.360 e. The number of anilines is 1. The van der Waals surface area contributed by atoms with Crippen LogP contribution in [0.3, 0.4) is 0 Å². The summed E-state index contributed by atoms with van der Waals surface area (Å²) in [6.07, 6.45) is 6.25. The number of hydrogen-bond donors (Lipinski definition) is 2. The molecule has 2 aliphatic heterocycles. The van der Waals surface area contributed by atoms with Crippen molar-refractivity contribution in [2.24, 2.45) is 5.73 Å². The largest absolute Gasteiger partial charge is 0.360 e. The highest BCUT2D eigenvalue weighted by Gasteiger charge is 2.65. The standard InChI is InChI=1S/C16H18N4O2/c1-15-8-16(17,9-15)13(22-15)14(21)19-11-2-4-12(5-3-11)20-7-6-18-10-20/h2-7,10,13H,8-9,17H2,1H3,(H,19,21). The summed E-state index contributed by atoms with van der Waals surface area (Å²) in [7, 11) is 0. The summed E-state index contributed by atoms with van der Waals surface area (Å²) in [4.78, 5) is 16.4. The summed E-state index contributed by atoms with van der Waals surface area (Å²) in [5.74, 6) is -0.167. The van der Waals surface area contributed by atoms with Gasteiger partial charge in [-0.2, -0.15) is 0 Å². The fourth-order valence-corrected chi connectivity index (χ4v) is 3.66. The second kappa shape index (κ2) is 4.41. The average molecular weight is 298 g/mol. The van der Waals surface area contributed by atoms with Gasteiger partial charge in [-0.1, -0.05) is 0 Å². The van der Waals surface area contributed by atoms with Crippen molar-refractivity contribution in [3.63, 3.8) is 0 Å². The van der Waals surface area contributed by atoms with Gasteiger partial charge in [0, 0.05) is 23.8 Å². The number of imidazole rings is 1. The van der Waals surface area contributed by atoms with Crippen molar-refractivity contribution in [1.29, 1.82) is 0 Å². The molecule has 6 nitrogen and oxygen atoms in total. The zero-order chi connectivity index (χ0) is 15.4. The monoisotopic (exact) mass is 298 g/mol. The molecule has 1 aromatic heterocycles. The highest BCUT2D eigenvalue weighted by atomic mass is 16.5. The van der Waals surface area contributed by atoms with Gasteiger partial charge in [-0.05, 0) is 44.0 Å². The van der Waals surface area contributed by atoms with Gasteiger partial charge >= 0.3 is 0 Å². The summed E-state index contributed by atoms with van der Waals surface area (Å²) in [5.41, 5.74) is 7.21. The number of carbonyl (C=O) groups is 1. The molecule has 5 rings (SSSR count). The number of hydrogen-bond acceptors (Lipinski definition) is 4. The van der Waals surface area contributed by atoms with Crippen LogP contribution in [0.5, 0.6) is 0 Å². The molecule has 1 saturated carbocycles. The van der Waals surface area contributed by atoms with Crippen LogP contribution in [-0.2, 0) is 9.53 Å². The lowest BCUT2D eigenvalue weighted by atomic mass is 9.67. The van der Waals surface area contributed by atoms with Gasteiger partial charge in [0.25, 0.3) is 5.91 Å². The Hall–Kier alpha value is -2.18. The van der Waals surface area contributed by atoms with Crippen molar-refractivity contribution in [1.82, 2.24) is 9.55 Å². The van der Waals surface area contributed by atoms with Crippen LogP contribution in [0.4, 0.5) is 5.69 Å². The molecule has 1 aliphatic carbocycles. The molecule has 1 unspecified atom stereocenters. The molecule has 3 fully saturated rings. The molecule has 3 heterocycles. The molecule has 1 atom stereocenters. The Morgan fingerprint density at radius 2 is 2.14 bits per heavy atom. The van der Waals surface area contributed by atoms with Gasteiger partial charge in [0.05, 0.1) is 17.5 Å². The summed E-state index contributed by atoms with van der Waals surface area (Å²) < 4.78 is 7.69. The maximum atomic E-state index is 12.4. The molecule has 0 spiro atoms. The molecule has 2 aromatic rings. The van der Waals surface area contributed by atoms with E-state index in [0.717, 1.165) is 24.2 Å². The quantitative estimate of drug-likeness (QED) is 0.898. The van der Waals surface area contributed by atoms with Gasteiger partial charge in [-0.25, -0.2) is 4.98 Å². The summed E-state index contributed by atoms with van der Waals surface area (Å²) in [6.45, 7) is 2.01. The minimum atomic E-state index is -0.564. The molecule has 6 heteroatoms. The van der Waals surface area contributed by atoms with E-state index in [-0.39, 0.29) is 11.5 Å². The van der Waals surface area contributed by atoms with Crippen molar-refractivity contribution >= 4 is 11.6 Å². The summed E-state index contributed by atoms with van der Waals surface area (Å²) in [5, 5.41) is 2.89. The molecule has 2 bridgehead atoms. The van der Waals surface area contributed by atoms with E-state index in [1.165, 1.54) is 0 Å². The van der Waals surface area contributed by atoms with Crippen LogP contribution < -0.4 is 11.1 Å². The smallest absolute Gasteiger partial charge is 0.255 e. The SMILES string of the molecule is CC12CC(N)(C1)C(C(=O)Nc1ccc(-n3ccnc3)cc1)O2. The van der Waals surface area contributed by atoms with Crippen LogP contribution in [0.2, 0.25) is 0 Å². The first-order valence-electron chi connectivity index (χ1n) is 7.34. The first kappa shape index (κ1) is 13.5. The fraction of sp³-hybridized carbons (Fsp3) is 0.375. The Labute approximate surface area is 128 Å². The Bertz CT molecular complexity index is 702. The molecule has 2 saturated heterocycles. The van der Waals surface area contributed by atoms with Crippen LogP contribution in [0, 0.1) is 0 Å². The Morgan fingerprint density at radius 3 is 2.68 bits per heavy atom. The average Bonchev–Trinajstić information content (AvgIpc) is 3.11. The Kier molecular flexibility index (Phi) is 2.70. The molecule has 3 aliphatic rings. The second-order valence-corrected chi connectivity index (χ2v) is 6.54. The van der Waals surface area contributed by atoms with E-state index in [1.807, 2.05) is 42.0 Å². The number of rotatable bonds is 3. The van der Waals surface area contributed by atoms with Crippen molar-refractivity contribution in [2.45, 2.75) is 37.0 Å². The molecule has 1 amide bonds. The lowest BCUT2D eigenvalue weighted by Gasteiger charge is -2.39. The van der Waals surface area contributed by atoms with Crippen LogP contribution in [0.15, 0.2) is 43.0 Å². The number of nitrogens with one attached hydrogen (secondary N) is 1. The normalized spacial score (nSPS) is 32.5. The Morgan fingerprint density at radius 1 is 1.41 bits per heavy atom. The third-order valence-corrected chi connectivity index (χ3v) is 4.51. The predicted molar refractivity (Wildman–Crippen MR) is 81.6 cm³/mol. The number of nitrogens with two attached hydrogens (primary N) is 1. The van der Waals surface area contributed by atoms with Crippen molar-refractivity contribution in [3.8, 4) is 5.69 Å². The lowest BCUT2D eigenvalue weighted by Crippen LogP contribution is -2.58. The van der Waals surface area contributed by atoms with Crippen molar-refractivity contribution in [3.05, 3.63) is 43.0 Å². The predicted octanol–water partition coefficient (Wildman–Crippen LogP) is 1.46. The maximum absolute atomic E-state index is 12.4. The molecule has 0 radical (unpaired) electrons. The number of ether oxygens (including phenoxy) is 1. The summed E-state index contributed by atoms with van der Waals surface area (Å²) in [6, 6.07) is 7.56. The van der Waals surface area contributed by atoms with Gasteiger partial charge in [0.15, 0.2) is 6.10 Å². The topological polar surface area (TPSA) is 82.2 Å². The number of nitrogens with zero attached hydrogens (tertiary/aromatic N) is 2. The van der Waals surface area contributed by atoms with Crippen molar-refractivity contribution in [2.75, 3.05) is 5.32 Å². The Balaban J connectivity index is 1.47. The number of fused-ring (bicyclic) bond motifs is 1.